The van der Waals surface area contributed by atoms with Crippen LogP contribution in [0.15, 0.2) is 0 Å². The van der Waals surface area contributed by atoms with E-state index in [0.717, 1.165) is 26.0 Å². The van der Waals surface area contributed by atoms with Crippen molar-refractivity contribution < 1.29 is 14.3 Å². The summed E-state index contributed by atoms with van der Waals surface area (Å²) in [5, 5.41) is 3.01. The van der Waals surface area contributed by atoms with Gasteiger partial charge in [-0.1, -0.05) is 0 Å². The molecule has 104 valence electrons. The predicted octanol–water partition coefficient (Wildman–Crippen LogP) is 0.293. The average molecular weight is 264 g/mol. The zero-order valence-corrected chi connectivity index (χ0v) is 11.1. The zero-order valence-electron chi connectivity index (χ0n) is 11.1. The van der Waals surface area contributed by atoms with Crippen LogP contribution in [0.5, 0.6) is 0 Å². The molecule has 1 saturated carbocycles. The highest BCUT2D eigenvalue weighted by Crippen LogP contribution is 2.54. The minimum absolute atomic E-state index is 0.129. The second-order valence-corrected chi connectivity index (χ2v) is 6.72. The van der Waals surface area contributed by atoms with Gasteiger partial charge in [0.25, 0.3) is 5.91 Å². The number of nitrogens with zero attached hydrogens (tertiary/aromatic N) is 1. The lowest BCUT2D eigenvalue weighted by molar-refractivity contribution is -0.140. The first-order chi connectivity index (χ1) is 9.15. The van der Waals surface area contributed by atoms with E-state index in [1.807, 2.05) is 4.90 Å². The number of carbonyl (C=O) groups excluding carboxylic acids is 2. The monoisotopic (exact) mass is 264 g/mol. The van der Waals surface area contributed by atoms with E-state index >= 15 is 0 Å². The molecule has 3 unspecified atom stereocenters. The molecule has 4 rings (SSSR count). The second kappa shape index (κ2) is 3.95. The molecule has 0 aromatic carbocycles. The Balaban J connectivity index is 1.40. The minimum Gasteiger partial charge on any atom is -0.368 e. The molecular weight excluding hydrogens is 244 g/mol. The number of fused-ring (bicyclic) bond motifs is 1. The molecule has 3 heterocycles. The van der Waals surface area contributed by atoms with Crippen molar-refractivity contribution in [1.29, 1.82) is 0 Å². The molecule has 0 radical (unpaired) electrons. The highest BCUT2D eigenvalue weighted by atomic mass is 16.5. The van der Waals surface area contributed by atoms with Gasteiger partial charge in [-0.3, -0.25) is 9.59 Å². The predicted molar refractivity (Wildman–Crippen MR) is 67.3 cm³/mol. The highest BCUT2D eigenvalue weighted by molar-refractivity contribution is 5.82. The van der Waals surface area contributed by atoms with Gasteiger partial charge in [-0.2, -0.15) is 0 Å². The van der Waals surface area contributed by atoms with E-state index in [2.05, 4.69) is 5.32 Å². The number of likely N-dealkylation sites (tertiary alicyclic amines) is 1. The maximum Gasteiger partial charge on any atom is 0.251 e. The first kappa shape index (κ1) is 11.7. The fourth-order valence-corrected chi connectivity index (χ4v) is 3.78. The minimum atomic E-state index is -0.224. The van der Waals surface area contributed by atoms with Crippen LogP contribution in [0.4, 0.5) is 0 Å². The Bertz CT molecular complexity index is 432. The summed E-state index contributed by atoms with van der Waals surface area (Å²) in [5.41, 5.74) is 0.348. The summed E-state index contributed by atoms with van der Waals surface area (Å²) in [6.45, 7) is 2.22. The maximum absolute atomic E-state index is 12.5. The number of hydrogen-bond donors (Lipinski definition) is 1. The van der Waals surface area contributed by atoms with Crippen LogP contribution >= 0.6 is 0 Å². The maximum atomic E-state index is 12.5. The average Bonchev–Trinajstić information content (AvgIpc) is 2.85. The molecule has 0 aromatic rings. The number of ether oxygens (including phenoxy) is 1. The third kappa shape index (κ3) is 1.95. The van der Waals surface area contributed by atoms with Crippen molar-refractivity contribution in [2.75, 3.05) is 19.7 Å². The van der Waals surface area contributed by atoms with E-state index in [1.165, 1.54) is 12.8 Å². The van der Waals surface area contributed by atoms with Crippen molar-refractivity contribution in [3.8, 4) is 0 Å². The van der Waals surface area contributed by atoms with Crippen LogP contribution in [0.2, 0.25) is 0 Å². The summed E-state index contributed by atoms with van der Waals surface area (Å²) in [7, 11) is 0. The quantitative estimate of drug-likeness (QED) is 0.740. The summed E-state index contributed by atoms with van der Waals surface area (Å²) in [5.74, 6) is 0.718. The second-order valence-electron chi connectivity index (χ2n) is 6.72. The smallest absolute Gasteiger partial charge is 0.251 e. The Labute approximate surface area is 112 Å². The van der Waals surface area contributed by atoms with Crippen molar-refractivity contribution in [2.45, 2.75) is 44.2 Å². The van der Waals surface area contributed by atoms with Gasteiger partial charge in [0.15, 0.2) is 0 Å². The van der Waals surface area contributed by atoms with Gasteiger partial charge < -0.3 is 15.0 Å². The van der Waals surface area contributed by atoms with Gasteiger partial charge >= 0.3 is 0 Å². The standard InChI is InChI=1S/C14H20N2O3/c17-12-2-1-9-6-16(7-10(9)15-12)13(18)11-5-14(3-4-14)8-19-11/h9-11H,1-8H2,(H,15,17). The van der Waals surface area contributed by atoms with Gasteiger partial charge in [-0.05, 0) is 37.0 Å². The topological polar surface area (TPSA) is 58.6 Å². The molecule has 1 N–H and O–H groups in total. The lowest BCUT2D eigenvalue weighted by Gasteiger charge is -2.24. The Morgan fingerprint density at radius 1 is 1.37 bits per heavy atom. The van der Waals surface area contributed by atoms with Crippen LogP contribution in [0.1, 0.15) is 32.1 Å². The fraction of sp³-hybridized carbons (Fsp3) is 0.857. The van der Waals surface area contributed by atoms with Crippen molar-refractivity contribution in [3.63, 3.8) is 0 Å². The van der Waals surface area contributed by atoms with Gasteiger partial charge in [0.2, 0.25) is 5.91 Å². The number of nitrogens with one attached hydrogen (secondary N) is 1. The molecule has 3 atom stereocenters. The molecule has 0 aromatic heterocycles. The van der Waals surface area contributed by atoms with E-state index in [-0.39, 0.29) is 24.0 Å². The number of amides is 2. The van der Waals surface area contributed by atoms with Gasteiger partial charge in [0, 0.05) is 19.5 Å². The molecule has 1 aliphatic carbocycles. The summed E-state index contributed by atoms with van der Waals surface area (Å²) >= 11 is 0. The van der Waals surface area contributed by atoms with E-state index in [1.54, 1.807) is 0 Å². The molecule has 3 saturated heterocycles. The normalized spacial score (nSPS) is 39.3. The van der Waals surface area contributed by atoms with E-state index < -0.39 is 0 Å². The van der Waals surface area contributed by atoms with Crippen LogP contribution in [-0.2, 0) is 14.3 Å². The number of rotatable bonds is 1. The molecule has 4 fully saturated rings. The van der Waals surface area contributed by atoms with Crippen molar-refractivity contribution in [1.82, 2.24) is 10.2 Å². The lowest BCUT2D eigenvalue weighted by atomic mass is 9.94. The van der Waals surface area contributed by atoms with E-state index in [9.17, 15) is 9.59 Å². The molecule has 5 nitrogen and oxygen atoms in total. The van der Waals surface area contributed by atoms with Crippen molar-refractivity contribution in [3.05, 3.63) is 0 Å². The third-order valence-corrected chi connectivity index (χ3v) is 5.28. The molecular formula is C14H20N2O3. The fourth-order valence-electron chi connectivity index (χ4n) is 3.78. The van der Waals surface area contributed by atoms with Crippen LogP contribution in [0, 0.1) is 11.3 Å². The summed E-state index contributed by atoms with van der Waals surface area (Å²) in [6.07, 6.45) is 4.64. The first-order valence-electron chi connectivity index (χ1n) is 7.35. The Morgan fingerprint density at radius 3 is 2.95 bits per heavy atom. The lowest BCUT2D eigenvalue weighted by Crippen LogP contribution is -2.45. The summed E-state index contributed by atoms with van der Waals surface area (Å²) in [6, 6.07) is 0.168. The van der Waals surface area contributed by atoms with Gasteiger partial charge in [0.1, 0.15) is 6.10 Å². The van der Waals surface area contributed by atoms with E-state index in [0.29, 0.717) is 24.3 Å². The zero-order chi connectivity index (χ0) is 13.0. The third-order valence-electron chi connectivity index (χ3n) is 5.28. The molecule has 2 amide bonds. The molecule has 3 aliphatic heterocycles. The summed E-state index contributed by atoms with van der Waals surface area (Å²) in [4.78, 5) is 25.8. The van der Waals surface area contributed by atoms with Gasteiger partial charge in [-0.15, -0.1) is 0 Å². The SMILES string of the molecule is O=C1CCC2CN(C(=O)C3CC4(CC4)CO3)CC2N1. The van der Waals surface area contributed by atoms with Crippen LogP contribution < -0.4 is 5.32 Å². The van der Waals surface area contributed by atoms with Crippen LogP contribution in [0.25, 0.3) is 0 Å². The van der Waals surface area contributed by atoms with Gasteiger partial charge in [0.05, 0.1) is 12.6 Å². The molecule has 0 bridgehead atoms. The number of carbonyl (C=O) groups is 2. The highest BCUT2D eigenvalue weighted by Gasteiger charge is 2.52. The number of piperidine rings is 1. The summed E-state index contributed by atoms with van der Waals surface area (Å²) < 4.78 is 5.70. The molecule has 5 heteroatoms. The van der Waals surface area contributed by atoms with Crippen molar-refractivity contribution in [2.24, 2.45) is 11.3 Å². The van der Waals surface area contributed by atoms with E-state index in [4.69, 9.17) is 4.74 Å². The van der Waals surface area contributed by atoms with Crippen LogP contribution in [0.3, 0.4) is 0 Å². The molecule has 19 heavy (non-hydrogen) atoms. The Morgan fingerprint density at radius 2 is 2.21 bits per heavy atom. The number of hydrogen-bond acceptors (Lipinski definition) is 3. The molecule has 4 aliphatic rings. The van der Waals surface area contributed by atoms with Crippen molar-refractivity contribution >= 4 is 11.8 Å². The Hall–Kier alpha value is -1.10. The first-order valence-corrected chi connectivity index (χ1v) is 7.35. The van der Waals surface area contributed by atoms with Crippen LogP contribution in [-0.4, -0.2) is 48.6 Å². The van der Waals surface area contributed by atoms with Gasteiger partial charge in [-0.25, -0.2) is 0 Å². The largest absolute Gasteiger partial charge is 0.368 e. The Kier molecular flexibility index (Phi) is 2.43. The molecule has 1 spiro atoms.